The van der Waals surface area contributed by atoms with E-state index < -0.39 is 0 Å². The van der Waals surface area contributed by atoms with Gasteiger partial charge in [0.05, 0.1) is 24.4 Å². The van der Waals surface area contributed by atoms with Gasteiger partial charge in [0.25, 0.3) is 0 Å². The second-order valence-electron chi connectivity index (χ2n) is 6.41. The summed E-state index contributed by atoms with van der Waals surface area (Å²) in [6.45, 7) is 8.73. The van der Waals surface area contributed by atoms with E-state index in [0.717, 1.165) is 32.8 Å². The van der Waals surface area contributed by atoms with Gasteiger partial charge < -0.3 is 4.74 Å². The molecule has 2 saturated heterocycles. The van der Waals surface area contributed by atoms with Gasteiger partial charge in [-0.25, -0.2) is 0 Å². The predicted molar refractivity (Wildman–Crippen MR) is 83.2 cm³/mol. The summed E-state index contributed by atoms with van der Waals surface area (Å²) in [4.78, 5) is 5.20. The van der Waals surface area contributed by atoms with Gasteiger partial charge >= 0.3 is 0 Å². The van der Waals surface area contributed by atoms with Crippen LogP contribution in [0.3, 0.4) is 0 Å². The fourth-order valence-corrected chi connectivity index (χ4v) is 3.67. The van der Waals surface area contributed by atoms with Crippen molar-refractivity contribution in [3.05, 3.63) is 18.0 Å². The molecule has 0 aliphatic carbocycles. The Labute approximate surface area is 127 Å². The highest BCUT2D eigenvalue weighted by Gasteiger charge is 2.26. The maximum Gasteiger partial charge on any atom is 0.0674 e. The molecule has 0 amide bonds. The minimum absolute atomic E-state index is 0.382. The van der Waals surface area contributed by atoms with Crippen molar-refractivity contribution in [3.63, 3.8) is 0 Å². The van der Waals surface area contributed by atoms with E-state index in [0.29, 0.717) is 12.1 Å². The lowest BCUT2D eigenvalue weighted by atomic mass is 9.99. The monoisotopic (exact) mass is 292 g/mol. The van der Waals surface area contributed by atoms with E-state index in [2.05, 4.69) is 34.9 Å². The van der Waals surface area contributed by atoms with E-state index in [9.17, 15) is 0 Å². The molecule has 1 aromatic rings. The zero-order chi connectivity index (χ0) is 14.7. The van der Waals surface area contributed by atoms with Gasteiger partial charge in [-0.05, 0) is 32.4 Å². The lowest BCUT2D eigenvalue weighted by Crippen LogP contribution is -2.46. The second kappa shape index (κ2) is 6.90. The molecular formula is C16H28N4O. The van der Waals surface area contributed by atoms with Crippen LogP contribution in [0, 0.1) is 0 Å². The largest absolute Gasteiger partial charge is 0.376 e. The van der Waals surface area contributed by atoms with Gasteiger partial charge in [-0.15, -0.1) is 0 Å². The number of hydrogen-bond acceptors (Lipinski definition) is 4. The third-order valence-corrected chi connectivity index (χ3v) is 4.84. The molecule has 0 N–H and O–H groups in total. The second-order valence-corrected chi connectivity index (χ2v) is 6.41. The molecule has 5 nitrogen and oxygen atoms in total. The number of aromatic nitrogens is 2. The van der Waals surface area contributed by atoms with E-state index in [-0.39, 0.29) is 0 Å². The highest BCUT2D eigenvalue weighted by Crippen LogP contribution is 2.30. The Morgan fingerprint density at radius 1 is 1.29 bits per heavy atom. The Morgan fingerprint density at radius 3 is 2.95 bits per heavy atom. The minimum Gasteiger partial charge on any atom is -0.376 e. The Morgan fingerprint density at radius 2 is 2.19 bits per heavy atom. The molecule has 1 aromatic heterocycles. The van der Waals surface area contributed by atoms with E-state index in [1.165, 1.54) is 31.5 Å². The van der Waals surface area contributed by atoms with Crippen LogP contribution >= 0.6 is 0 Å². The SMILES string of the molecule is C[C@@H]1CN(CCN2CCCC[C@@H]2c2ccnn2C)CCO1. The van der Waals surface area contributed by atoms with Crippen LogP contribution in [0.2, 0.25) is 0 Å². The van der Waals surface area contributed by atoms with E-state index >= 15 is 0 Å². The third-order valence-electron chi connectivity index (χ3n) is 4.84. The van der Waals surface area contributed by atoms with Crippen molar-refractivity contribution in [3.8, 4) is 0 Å². The van der Waals surface area contributed by atoms with Crippen LogP contribution in [0.25, 0.3) is 0 Å². The lowest BCUT2D eigenvalue weighted by molar-refractivity contribution is -0.0229. The summed E-state index contributed by atoms with van der Waals surface area (Å²) in [5.74, 6) is 0. The molecule has 0 spiro atoms. The Hall–Kier alpha value is -0.910. The minimum atomic E-state index is 0.382. The van der Waals surface area contributed by atoms with Gasteiger partial charge in [0.2, 0.25) is 0 Å². The normalized spacial score (nSPS) is 28.9. The Kier molecular flexibility index (Phi) is 4.93. The molecule has 0 aromatic carbocycles. The van der Waals surface area contributed by atoms with Gasteiger partial charge in [0.15, 0.2) is 0 Å². The molecule has 2 aliphatic heterocycles. The molecule has 0 radical (unpaired) electrons. The number of hydrogen-bond donors (Lipinski definition) is 0. The number of piperidine rings is 1. The Bertz CT molecular complexity index is 447. The number of rotatable bonds is 4. The predicted octanol–water partition coefficient (Wildman–Crippen LogP) is 1.67. The van der Waals surface area contributed by atoms with Gasteiger partial charge in [-0.3, -0.25) is 14.5 Å². The van der Waals surface area contributed by atoms with Crippen LogP contribution < -0.4 is 0 Å². The fourth-order valence-electron chi connectivity index (χ4n) is 3.67. The first-order valence-electron chi connectivity index (χ1n) is 8.30. The zero-order valence-electron chi connectivity index (χ0n) is 13.4. The van der Waals surface area contributed by atoms with Gasteiger partial charge in [-0.1, -0.05) is 6.42 Å². The van der Waals surface area contributed by atoms with Gasteiger partial charge in [0, 0.05) is 39.4 Å². The summed E-state index contributed by atoms with van der Waals surface area (Å²) >= 11 is 0. The molecule has 3 heterocycles. The summed E-state index contributed by atoms with van der Waals surface area (Å²) in [7, 11) is 2.06. The summed E-state index contributed by atoms with van der Waals surface area (Å²) in [6.07, 6.45) is 6.23. The lowest BCUT2D eigenvalue weighted by Gasteiger charge is -2.38. The summed E-state index contributed by atoms with van der Waals surface area (Å²) in [5, 5.41) is 4.35. The number of likely N-dealkylation sites (tertiary alicyclic amines) is 1. The molecule has 21 heavy (non-hydrogen) atoms. The van der Waals surface area contributed by atoms with Crippen LogP contribution in [0.4, 0.5) is 0 Å². The van der Waals surface area contributed by atoms with E-state index in [1.807, 2.05) is 10.9 Å². The maximum absolute atomic E-state index is 5.63. The van der Waals surface area contributed by atoms with Crippen LogP contribution in [0.1, 0.15) is 37.9 Å². The first-order chi connectivity index (χ1) is 10.2. The molecule has 3 rings (SSSR count). The fraction of sp³-hybridized carbons (Fsp3) is 0.812. The number of nitrogens with zero attached hydrogens (tertiary/aromatic N) is 4. The van der Waals surface area contributed by atoms with Crippen molar-refractivity contribution in [2.24, 2.45) is 7.05 Å². The summed E-state index contributed by atoms with van der Waals surface area (Å²) in [5.41, 5.74) is 1.37. The molecular weight excluding hydrogens is 264 g/mol. The van der Waals surface area contributed by atoms with Crippen molar-refractivity contribution in [1.82, 2.24) is 19.6 Å². The third kappa shape index (κ3) is 3.65. The van der Waals surface area contributed by atoms with Crippen LogP contribution in [0.5, 0.6) is 0 Å². The molecule has 0 unspecified atom stereocenters. The van der Waals surface area contributed by atoms with Crippen molar-refractivity contribution in [1.29, 1.82) is 0 Å². The van der Waals surface area contributed by atoms with Crippen molar-refractivity contribution < 1.29 is 4.74 Å². The first kappa shape index (κ1) is 15.0. The zero-order valence-corrected chi connectivity index (χ0v) is 13.4. The van der Waals surface area contributed by atoms with Crippen LogP contribution in [-0.4, -0.2) is 65.0 Å². The molecule has 2 fully saturated rings. The Balaban J connectivity index is 1.58. The van der Waals surface area contributed by atoms with Crippen molar-refractivity contribution >= 4 is 0 Å². The van der Waals surface area contributed by atoms with E-state index in [1.54, 1.807) is 0 Å². The van der Waals surface area contributed by atoms with Gasteiger partial charge in [-0.2, -0.15) is 5.10 Å². The highest BCUT2D eigenvalue weighted by atomic mass is 16.5. The quantitative estimate of drug-likeness (QED) is 0.845. The molecule has 0 bridgehead atoms. The number of morpholine rings is 1. The smallest absolute Gasteiger partial charge is 0.0674 e. The molecule has 118 valence electrons. The molecule has 5 heteroatoms. The average molecular weight is 292 g/mol. The summed E-state index contributed by atoms with van der Waals surface area (Å²) in [6, 6.07) is 2.73. The summed E-state index contributed by atoms with van der Waals surface area (Å²) < 4.78 is 7.67. The van der Waals surface area contributed by atoms with Gasteiger partial charge in [0.1, 0.15) is 0 Å². The number of ether oxygens (including phenoxy) is 1. The molecule has 2 aliphatic rings. The van der Waals surface area contributed by atoms with Crippen molar-refractivity contribution in [2.75, 3.05) is 39.3 Å². The molecule has 0 saturated carbocycles. The van der Waals surface area contributed by atoms with Crippen LogP contribution in [-0.2, 0) is 11.8 Å². The average Bonchev–Trinajstić information content (AvgIpc) is 2.91. The maximum atomic E-state index is 5.63. The molecule has 2 atom stereocenters. The standard InChI is InChI=1S/C16H28N4O/c1-14-13-19(11-12-21-14)9-10-20-8-4-3-5-16(20)15-6-7-17-18(15)2/h6-7,14,16H,3-5,8-13H2,1-2H3/t14-,16-/m1/s1. The number of aryl methyl sites for hydroxylation is 1. The van der Waals surface area contributed by atoms with Crippen molar-refractivity contribution in [2.45, 2.75) is 38.3 Å². The first-order valence-corrected chi connectivity index (χ1v) is 8.30. The topological polar surface area (TPSA) is 33.5 Å². The highest BCUT2D eigenvalue weighted by molar-refractivity contribution is 5.08. The van der Waals surface area contributed by atoms with Crippen LogP contribution in [0.15, 0.2) is 12.3 Å². The van der Waals surface area contributed by atoms with E-state index in [4.69, 9.17) is 4.74 Å².